The van der Waals surface area contributed by atoms with Crippen molar-refractivity contribution in [3.63, 3.8) is 0 Å². The summed E-state index contributed by atoms with van der Waals surface area (Å²) in [6.07, 6.45) is 1.34. The lowest BCUT2D eigenvalue weighted by Crippen LogP contribution is -2.34. The Morgan fingerprint density at radius 1 is 1.70 bits per heavy atom. The summed E-state index contributed by atoms with van der Waals surface area (Å²) < 4.78 is 21.1. The van der Waals surface area contributed by atoms with Crippen molar-refractivity contribution in [3.8, 4) is 0 Å². The second kappa shape index (κ2) is 2.30. The maximum absolute atomic E-state index is 10.5. The van der Waals surface area contributed by atoms with Crippen molar-refractivity contribution in [2.75, 3.05) is 7.05 Å². The van der Waals surface area contributed by atoms with Gasteiger partial charge in [-0.3, -0.25) is 10.4 Å². The number of nitrogens with one attached hydrogen (secondary N) is 2. The van der Waals surface area contributed by atoms with Gasteiger partial charge in [0.25, 0.3) is 9.05 Å². The van der Waals surface area contributed by atoms with E-state index in [1.165, 1.54) is 11.2 Å². The minimum Gasteiger partial charge on any atom is -0.298 e. The highest BCUT2D eigenvalue weighted by Gasteiger charge is 2.18. The van der Waals surface area contributed by atoms with Crippen LogP contribution in [0.3, 0.4) is 0 Å². The molecule has 0 radical (unpaired) electrons. The van der Waals surface area contributed by atoms with Crippen molar-refractivity contribution in [2.24, 2.45) is 0 Å². The molecule has 0 saturated heterocycles. The van der Waals surface area contributed by atoms with Crippen molar-refractivity contribution >= 4 is 19.7 Å². The lowest BCUT2D eigenvalue weighted by molar-refractivity contribution is 0.328. The zero-order valence-corrected chi connectivity index (χ0v) is 6.70. The number of hydrogen-bond acceptors (Lipinski definition) is 5. The van der Waals surface area contributed by atoms with E-state index in [0.717, 1.165) is 0 Å². The van der Waals surface area contributed by atoms with Crippen molar-refractivity contribution in [3.05, 3.63) is 11.2 Å². The molecule has 0 bridgehead atoms. The van der Waals surface area contributed by atoms with Gasteiger partial charge in [0.15, 0.2) is 5.03 Å². The van der Waals surface area contributed by atoms with E-state index in [1.807, 2.05) is 0 Å². The molecule has 10 heavy (non-hydrogen) atoms. The minimum atomic E-state index is -3.62. The summed E-state index contributed by atoms with van der Waals surface area (Å²) in [5.41, 5.74) is 4.87. The van der Waals surface area contributed by atoms with Gasteiger partial charge in [0.2, 0.25) is 0 Å². The zero-order chi connectivity index (χ0) is 7.78. The Balaban J connectivity index is 2.87. The lowest BCUT2D eigenvalue weighted by Gasteiger charge is -2.04. The Bertz CT molecular complexity index is 259. The first kappa shape index (κ1) is 7.64. The predicted octanol–water partition coefficient (Wildman–Crippen LogP) is -0.692. The smallest absolute Gasteiger partial charge is 0.279 e. The van der Waals surface area contributed by atoms with Crippen LogP contribution in [-0.4, -0.2) is 20.5 Å². The Morgan fingerprint density at radius 2 is 2.30 bits per heavy atom. The van der Waals surface area contributed by atoms with E-state index in [9.17, 15) is 8.42 Å². The lowest BCUT2D eigenvalue weighted by atomic mass is 10.9. The van der Waals surface area contributed by atoms with Gasteiger partial charge < -0.3 is 0 Å². The van der Waals surface area contributed by atoms with Crippen LogP contribution in [0, 0.1) is 0 Å². The highest BCUT2D eigenvalue weighted by atomic mass is 35.7. The largest absolute Gasteiger partial charge is 0.298 e. The SMILES string of the molecule is CN1C=C(S(=O)(=O)Cl)NN1. The van der Waals surface area contributed by atoms with E-state index >= 15 is 0 Å². The molecule has 0 aromatic rings. The fourth-order valence-corrected chi connectivity index (χ4v) is 1.19. The van der Waals surface area contributed by atoms with Crippen LogP contribution in [0.15, 0.2) is 11.2 Å². The molecule has 0 saturated carbocycles. The van der Waals surface area contributed by atoms with E-state index in [1.54, 1.807) is 7.05 Å². The van der Waals surface area contributed by atoms with Crippen LogP contribution >= 0.6 is 10.7 Å². The molecule has 0 fully saturated rings. The second-order valence-electron chi connectivity index (χ2n) is 1.78. The molecule has 0 aliphatic carbocycles. The first-order chi connectivity index (χ1) is 4.50. The first-order valence-electron chi connectivity index (χ1n) is 2.41. The fraction of sp³-hybridized carbons (Fsp3) is 0.333. The van der Waals surface area contributed by atoms with Crippen molar-refractivity contribution in [1.29, 1.82) is 0 Å². The number of nitrogens with zero attached hydrogens (tertiary/aromatic N) is 1. The van der Waals surface area contributed by atoms with Gasteiger partial charge >= 0.3 is 0 Å². The Morgan fingerprint density at radius 3 is 2.50 bits per heavy atom. The van der Waals surface area contributed by atoms with Crippen LogP contribution in [0.5, 0.6) is 0 Å². The molecule has 1 aliphatic rings. The van der Waals surface area contributed by atoms with E-state index in [4.69, 9.17) is 10.7 Å². The quantitative estimate of drug-likeness (QED) is 0.527. The van der Waals surface area contributed by atoms with Crippen LogP contribution < -0.4 is 11.0 Å². The van der Waals surface area contributed by atoms with Crippen molar-refractivity contribution in [1.82, 2.24) is 16.0 Å². The summed E-state index contributed by atoms with van der Waals surface area (Å²) in [6, 6.07) is 0. The molecule has 0 spiro atoms. The summed E-state index contributed by atoms with van der Waals surface area (Å²) in [7, 11) is 3.00. The van der Waals surface area contributed by atoms with Gasteiger partial charge in [-0.25, -0.2) is 8.42 Å². The second-order valence-corrected chi connectivity index (χ2v) is 4.31. The van der Waals surface area contributed by atoms with Gasteiger partial charge in [-0.05, 0) is 0 Å². The fourth-order valence-electron chi connectivity index (χ4n) is 0.508. The maximum atomic E-state index is 10.5. The van der Waals surface area contributed by atoms with E-state index in [-0.39, 0.29) is 5.03 Å². The van der Waals surface area contributed by atoms with Gasteiger partial charge in [-0.15, -0.1) is 5.53 Å². The molecule has 5 nitrogen and oxygen atoms in total. The zero-order valence-electron chi connectivity index (χ0n) is 5.13. The molecule has 0 aromatic heterocycles. The van der Waals surface area contributed by atoms with Crippen LogP contribution in [0.1, 0.15) is 0 Å². The number of rotatable bonds is 1. The van der Waals surface area contributed by atoms with E-state index in [2.05, 4.69) is 11.0 Å². The molecular formula is C3H6ClN3O2S. The monoisotopic (exact) mass is 183 g/mol. The van der Waals surface area contributed by atoms with Gasteiger partial charge in [-0.1, -0.05) is 0 Å². The molecule has 0 aromatic carbocycles. The molecule has 0 amide bonds. The minimum absolute atomic E-state index is 0.0448. The number of hydrazine groups is 2. The van der Waals surface area contributed by atoms with Crippen molar-refractivity contribution in [2.45, 2.75) is 0 Å². The third-order valence-corrected chi connectivity index (χ3v) is 2.16. The molecule has 1 aliphatic heterocycles. The standard InChI is InChI=1S/C3H6ClN3O2S/c1-7-2-3(5-6-7)10(4,8)9/h2,5-6H,1H3. The first-order valence-corrected chi connectivity index (χ1v) is 4.72. The highest BCUT2D eigenvalue weighted by Crippen LogP contribution is 2.10. The van der Waals surface area contributed by atoms with Crippen LogP contribution in [0.25, 0.3) is 0 Å². The maximum Gasteiger partial charge on any atom is 0.279 e. The summed E-state index contributed by atoms with van der Waals surface area (Å²) in [4.78, 5) is 0. The Labute approximate surface area is 63.0 Å². The highest BCUT2D eigenvalue weighted by molar-refractivity contribution is 8.16. The molecule has 0 atom stereocenters. The normalized spacial score (nSPS) is 18.6. The molecular weight excluding hydrogens is 178 g/mol. The Kier molecular flexibility index (Phi) is 1.76. The average molecular weight is 184 g/mol. The van der Waals surface area contributed by atoms with Crippen molar-refractivity contribution < 1.29 is 8.42 Å². The number of halogens is 1. The summed E-state index contributed by atoms with van der Waals surface area (Å²) in [5.74, 6) is 0. The topological polar surface area (TPSA) is 61.4 Å². The number of hydrogen-bond donors (Lipinski definition) is 2. The Hall–Kier alpha value is -0.460. The van der Waals surface area contributed by atoms with Gasteiger partial charge in [-0.2, -0.15) is 0 Å². The summed E-state index contributed by atoms with van der Waals surface area (Å²) in [6.45, 7) is 0. The van der Waals surface area contributed by atoms with E-state index < -0.39 is 9.05 Å². The van der Waals surface area contributed by atoms with Crippen LogP contribution in [0.2, 0.25) is 0 Å². The molecule has 2 N–H and O–H groups in total. The van der Waals surface area contributed by atoms with Crippen LogP contribution in [-0.2, 0) is 9.05 Å². The van der Waals surface area contributed by atoms with Gasteiger partial charge in [0, 0.05) is 17.7 Å². The third-order valence-electron chi connectivity index (χ3n) is 0.929. The van der Waals surface area contributed by atoms with Crippen LogP contribution in [0.4, 0.5) is 0 Å². The van der Waals surface area contributed by atoms with E-state index in [0.29, 0.717) is 0 Å². The predicted molar refractivity (Wildman–Crippen MR) is 36.9 cm³/mol. The molecule has 0 unspecified atom stereocenters. The molecule has 1 heterocycles. The van der Waals surface area contributed by atoms with Gasteiger partial charge in [0.05, 0.1) is 6.20 Å². The van der Waals surface area contributed by atoms with Gasteiger partial charge in [0.1, 0.15) is 0 Å². The third kappa shape index (κ3) is 1.53. The molecule has 58 valence electrons. The summed E-state index contributed by atoms with van der Waals surface area (Å²) >= 11 is 0. The average Bonchev–Trinajstić information content (AvgIpc) is 2.11. The molecule has 1 rings (SSSR count). The molecule has 7 heteroatoms. The summed E-state index contributed by atoms with van der Waals surface area (Å²) in [5, 5.41) is 1.39.